The summed E-state index contributed by atoms with van der Waals surface area (Å²) in [6.45, 7) is 0.760. The fourth-order valence-corrected chi connectivity index (χ4v) is 1.52. The first-order chi connectivity index (χ1) is 6.95. The topological polar surface area (TPSA) is 53.7 Å². The summed E-state index contributed by atoms with van der Waals surface area (Å²) in [4.78, 5) is 10.4. The average molecular weight is 185 g/mol. The maximum absolute atomic E-state index is 4.19. The lowest BCUT2D eigenvalue weighted by Gasteiger charge is -2.28. The first-order valence-corrected chi connectivity index (χ1v) is 4.30. The maximum atomic E-state index is 4.19. The van der Waals surface area contributed by atoms with Gasteiger partial charge in [-0.1, -0.05) is 0 Å². The standard InChI is InChI=1S/C9H7N5/c1-2-12-13-9-8(1)14-4-3-10-5-7(14)6-11-9/h1-3,5-6H,4H2. The summed E-state index contributed by atoms with van der Waals surface area (Å²) in [6, 6.07) is 1.91. The molecule has 0 aromatic carbocycles. The highest BCUT2D eigenvalue weighted by Crippen LogP contribution is 2.31. The molecule has 0 aliphatic carbocycles. The van der Waals surface area contributed by atoms with Gasteiger partial charge in [-0.2, -0.15) is 5.10 Å². The number of hydrogen-bond donors (Lipinski definition) is 0. The average Bonchev–Trinajstić information content (AvgIpc) is 2.29. The molecule has 0 amide bonds. The van der Waals surface area contributed by atoms with Crippen LogP contribution in [-0.4, -0.2) is 29.2 Å². The van der Waals surface area contributed by atoms with Gasteiger partial charge >= 0.3 is 0 Å². The zero-order valence-corrected chi connectivity index (χ0v) is 7.33. The van der Waals surface area contributed by atoms with Crippen molar-refractivity contribution < 1.29 is 0 Å². The Hall–Kier alpha value is -2.04. The van der Waals surface area contributed by atoms with E-state index in [4.69, 9.17) is 0 Å². The fraction of sp³-hybridized carbons (Fsp3) is 0.111. The monoisotopic (exact) mass is 185 g/mol. The van der Waals surface area contributed by atoms with Crippen molar-refractivity contribution in [3.05, 3.63) is 24.2 Å². The molecule has 1 aromatic heterocycles. The van der Waals surface area contributed by atoms with Gasteiger partial charge in [-0.05, 0) is 6.07 Å². The van der Waals surface area contributed by atoms with E-state index < -0.39 is 0 Å². The summed E-state index contributed by atoms with van der Waals surface area (Å²) in [5.41, 5.74) is 1.98. The van der Waals surface area contributed by atoms with Crippen molar-refractivity contribution in [2.75, 3.05) is 11.4 Å². The van der Waals surface area contributed by atoms with Crippen LogP contribution < -0.4 is 4.90 Å². The minimum Gasteiger partial charge on any atom is -0.330 e. The number of anilines is 1. The second kappa shape index (κ2) is 2.73. The second-order valence-electron chi connectivity index (χ2n) is 2.99. The number of fused-ring (bicyclic) bond motifs is 3. The molecule has 0 unspecified atom stereocenters. The van der Waals surface area contributed by atoms with Gasteiger partial charge in [-0.3, -0.25) is 4.99 Å². The minimum atomic E-state index is 0.667. The molecule has 1 aromatic rings. The SMILES string of the molecule is C1=NC=C2C=Nc3nnccc3N2C1. The van der Waals surface area contributed by atoms with E-state index >= 15 is 0 Å². The summed E-state index contributed by atoms with van der Waals surface area (Å²) in [6.07, 6.45) is 7.07. The Kier molecular flexibility index (Phi) is 1.44. The van der Waals surface area contributed by atoms with E-state index in [9.17, 15) is 0 Å². The van der Waals surface area contributed by atoms with Gasteiger partial charge in [0.1, 0.15) is 0 Å². The van der Waals surface area contributed by atoms with E-state index in [2.05, 4.69) is 25.1 Å². The Balaban J connectivity index is 2.18. The summed E-state index contributed by atoms with van der Waals surface area (Å²) < 4.78 is 0. The van der Waals surface area contributed by atoms with Crippen LogP contribution in [0.15, 0.2) is 34.1 Å². The van der Waals surface area contributed by atoms with Gasteiger partial charge < -0.3 is 4.90 Å². The van der Waals surface area contributed by atoms with Crippen molar-refractivity contribution in [1.29, 1.82) is 0 Å². The Morgan fingerprint density at radius 2 is 2.36 bits per heavy atom. The van der Waals surface area contributed by atoms with Crippen LogP contribution in [0.1, 0.15) is 0 Å². The van der Waals surface area contributed by atoms with E-state index in [-0.39, 0.29) is 0 Å². The van der Waals surface area contributed by atoms with E-state index in [1.807, 2.05) is 12.3 Å². The van der Waals surface area contributed by atoms with Gasteiger partial charge in [0.25, 0.3) is 0 Å². The van der Waals surface area contributed by atoms with E-state index in [0.29, 0.717) is 5.82 Å². The second-order valence-corrected chi connectivity index (χ2v) is 2.99. The number of aliphatic imine (C=N–C) groups is 2. The zero-order chi connectivity index (χ0) is 9.38. The predicted molar refractivity (Wildman–Crippen MR) is 54.1 cm³/mol. The third kappa shape index (κ3) is 0.953. The molecule has 3 heterocycles. The van der Waals surface area contributed by atoms with Crippen LogP contribution in [0.4, 0.5) is 11.5 Å². The van der Waals surface area contributed by atoms with Gasteiger partial charge in [0, 0.05) is 6.21 Å². The molecule has 0 N–H and O–H groups in total. The van der Waals surface area contributed by atoms with Crippen molar-refractivity contribution in [1.82, 2.24) is 10.2 Å². The molecule has 0 fully saturated rings. The quantitative estimate of drug-likeness (QED) is 0.604. The first kappa shape index (κ1) is 7.37. The largest absolute Gasteiger partial charge is 0.330 e. The van der Waals surface area contributed by atoms with Crippen molar-refractivity contribution in [3.8, 4) is 0 Å². The van der Waals surface area contributed by atoms with Gasteiger partial charge in [0.05, 0.1) is 36.5 Å². The molecular formula is C9H7N5. The lowest BCUT2D eigenvalue weighted by Crippen LogP contribution is -2.29. The lowest BCUT2D eigenvalue weighted by molar-refractivity contribution is 0.974. The van der Waals surface area contributed by atoms with Gasteiger partial charge in [-0.15, -0.1) is 5.10 Å². The maximum Gasteiger partial charge on any atom is 0.198 e. The molecular weight excluding hydrogens is 178 g/mol. The molecule has 2 aliphatic heterocycles. The van der Waals surface area contributed by atoms with Crippen LogP contribution in [0.2, 0.25) is 0 Å². The Labute approximate surface area is 80.5 Å². The smallest absolute Gasteiger partial charge is 0.198 e. The molecule has 0 saturated carbocycles. The van der Waals surface area contributed by atoms with Crippen molar-refractivity contribution in [2.24, 2.45) is 9.98 Å². The highest BCUT2D eigenvalue weighted by molar-refractivity contribution is 5.95. The lowest BCUT2D eigenvalue weighted by atomic mass is 10.2. The molecule has 2 aliphatic rings. The first-order valence-electron chi connectivity index (χ1n) is 4.30. The van der Waals surface area contributed by atoms with Crippen LogP contribution in [0.3, 0.4) is 0 Å². The fourth-order valence-electron chi connectivity index (χ4n) is 1.52. The molecule has 5 nitrogen and oxygen atoms in total. The molecule has 0 bridgehead atoms. The van der Waals surface area contributed by atoms with Crippen molar-refractivity contribution >= 4 is 23.9 Å². The molecule has 68 valence electrons. The zero-order valence-electron chi connectivity index (χ0n) is 7.33. The van der Waals surface area contributed by atoms with Crippen molar-refractivity contribution in [3.63, 3.8) is 0 Å². The molecule has 0 radical (unpaired) electrons. The third-order valence-corrected chi connectivity index (χ3v) is 2.18. The number of rotatable bonds is 0. The Morgan fingerprint density at radius 1 is 1.36 bits per heavy atom. The highest BCUT2D eigenvalue weighted by atomic mass is 15.2. The van der Waals surface area contributed by atoms with Crippen LogP contribution >= 0.6 is 0 Å². The summed E-state index contributed by atoms with van der Waals surface area (Å²) in [7, 11) is 0. The summed E-state index contributed by atoms with van der Waals surface area (Å²) in [5, 5.41) is 7.74. The van der Waals surface area contributed by atoms with Gasteiger partial charge in [0.15, 0.2) is 5.82 Å². The molecule has 14 heavy (non-hydrogen) atoms. The molecule has 0 saturated heterocycles. The highest BCUT2D eigenvalue weighted by Gasteiger charge is 2.19. The van der Waals surface area contributed by atoms with E-state index in [1.54, 1.807) is 18.6 Å². The van der Waals surface area contributed by atoms with Crippen molar-refractivity contribution in [2.45, 2.75) is 0 Å². The summed E-state index contributed by atoms with van der Waals surface area (Å²) in [5.74, 6) is 0.667. The molecule has 3 rings (SSSR count). The van der Waals surface area contributed by atoms with Gasteiger partial charge in [0.2, 0.25) is 0 Å². The normalized spacial score (nSPS) is 17.4. The number of aromatic nitrogens is 2. The van der Waals surface area contributed by atoms with Crippen LogP contribution in [0, 0.1) is 0 Å². The Morgan fingerprint density at radius 3 is 3.36 bits per heavy atom. The van der Waals surface area contributed by atoms with Crippen LogP contribution in [0.5, 0.6) is 0 Å². The minimum absolute atomic E-state index is 0.667. The molecule has 5 heteroatoms. The number of allylic oxidation sites excluding steroid dienone is 1. The van der Waals surface area contributed by atoms with Crippen LogP contribution in [0.25, 0.3) is 0 Å². The predicted octanol–water partition coefficient (Wildman–Crippen LogP) is 0.925. The Bertz CT molecular complexity index is 460. The number of hydrogen-bond acceptors (Lipinski definition) is 5. The summed E-state index contributed by atoms with van der Waals surface area (Å²) >= 11 is 0. The molecule has 0 atom stereocenters. The number of nitrogens with zero attached hydrogens (tertiary/aromatic N) is 5. The van der Waals surface area contributed by atoms with Gasteiger partial charge in [-0.25, -0.2) is 4.99 Å². The van der Waals surface area contributed by atoms with E-state index in [1.165, 1.54) is 0 Å². The van der Waals surface area contributed by atoms with E-state index in [0.717, 1.165) is 17.9 Å². The third-order valence-electron chi connectivity index (χ3n) is 2.18. The van der Waals surface area contributed by atoms with Crippen LogP contribution in [-0.2, 0) is 0 Å². The molecule has 0 spiro atoms.